The quantitative estimate of drug-likeness (QED) is 0.883. The van der Waals surface area contributed by atoms with E-state index < -0.39 is 0 Å². The first-order valence-electron chi connectivity index (χ1n) is 6.98. The van der Waals surface area contributed by atoms with E-state index in [0.717, 1.165) is 5.56 Å². The number of ether oxygens (including phenoxy) is 2. The van der Waals surface area contributed by atoms with Crippen LogP contribution in [0.1, 0.15) is 22.8 Å². The zero-order chi connectivity index (χ0) is 15.9. The molecule has 0 fully saturated rings. The van der Waals surface area contributed by atoms with E-state index in [0.29, 0.717) is 35.2 Å². The van der Waals surface area contributed by atoms with Gasteiger partial charge in [0.1, 0.15) is 6.61 Å². The number of nitrogens with one attached hydrogen (secondary N) is 1. The van der Waals surface area contributed by atoms with Crippen LogP contribution in [0, 0.1) is 0 Å². The van der Waals surface area contributed by atoms with Crippen molar-refractivity contribution in [3.63, 3.8) is 0 Å². The van der Waals surface area contributed by atoms with E-state index in [1.165, 1.54) is 7.11 Å². The zero-order valence-electron chi connectivity index (χ0n) is 12.6. The molecule has 116 valence electrons. The lowest BCUT2D eigenvalue weighted by Gasteiger charge is -2.14. The van der Waals surface area contributed by atoms with Crippen LogP contribution in [0.2, 0.25) is 5.02 Å². The van der Waals surface area contributed by atoms with Crippen LogP contribution in [-0.2, 0) is 6.61 Å². The molecular weight excluding hydrogens is 302 g/mol. The van der Waals surface area contributed by atoms with Gasteiger partial charge in [-0.25, -0.2) is 0 Å². The maximum Gasteiger partial charge on any atom is 0.251 e. The van der Waals surface area contributed by atoms with E-state index >= 15 is 0 Å². The second-order valence-electron chi connectivity index (χ2n) is 4.62. The molecule has 5 heteroatoms. The Kier molecular flexibility index (Phi) is 5.67. The van der Waals surface area contributed by atoms with Gasteiger partial charge in [-0.1, -0.05) is 41.9 Å². The van der Waals surface area contributed by atoms with E-state index in [-0.39, 0.29) is 5.91 Å². The van der Waals surface area contributed by atoms with Gasteiger partial charge in [-0.2, -0.15) is 0 Å². The van der Waals surface area contributed by atoms with Crippen LogP contribution in [0.4, 0.5) is 0 Å². The van der Waals surface area contributed by atoms with E-state index in [1.807, 2.05) is 37.3 Å². The summed E-state index contributed by atoms with van der Waals surface area (Å²) in [5.41, 5.74) is 1.46. The number of hydrogen-bond donors (Lipinski definition) is 1. The number of methoxy groups -OCH3 is 1. The lowest BCUT2D eigenvalue weighted by molar-refractivity contribution is 0.0955. The van der Waals surface area contributed by atoms with Crippen LogP contribution in [0.5, 0.6) is 11.5 Å². The Bertz CT molecular complexity index is 644. The predicted octanol–water partition coefficient (Wildman–Crippen LogP) is 3.68. The summed E-state index contributed by atoms with van der Waals surface area (Å²) in [6, 6.07) is 12.9. The summed E-state index contributed by atoms with van der Waals surface area (Å²) in [6.45, 7) is 2.77. The number of rotatable bonds is 6. The fraction of sp³-hybridized carbons (Fsp3) is 0.235. The Morgan fingerprint density at radius 1 is 1.23 bits per heavy atom. The lowest BCUT2D eigenvalue weighted by atomic mass is 10.2. The molecule has 0 saturated carbocycles. The topological polar surface area (TPSA) is 47.6 Å². The molecular formula is C17H18ClNO3. The molecule has 4 nitrogen and oxygen atoms in total. The van der Waals surface area contributed by atoms with Gasteiger partial charge >= 0.3 is 0 Å². The maximum absolute atomic E-state index is 11.9. The molecule has 0 aliphatic carbocycles. The summed E-state index contributed by atoms with van der Waals surface area (Å²) in [7, 11) is 1.52. The molecule has 22 heavy (non-hydrogen) atoms. The van der Waals surface area contributed by atoms with Crippen LogP contribution in [0.15, 0.2) is 42.5 Å². The highest BCUT2D eigenvalue weighted by Gasteiger charge is 2.15. The van der Waals surface area contributed by atoms with Crippen molar-refractivity contribution in [1.29, 1.82) is 0 Å². The van der Waals surface area contributed by atoms with Crippen LogP contribution in [0.3, 0.4) is 0 Å². The lowest BCUT2D eigenvalue weighted by Crippen LogP contribution is -2.22. The molecule has 0 heterocycles. The molecule has 0 aliphatic heterocycles. The molecule has 2 rings (SSSR count). The van der Waals surface area contributed by atoms with Crippen molar-refractivity contribution in [2.45, 2.75) is 13.5 Å². The standard InChI is InChI=1S/C17H18ClNO3/c1-3-19-17(20)13-9-14(18)16(15(10-13)21-2)22-11-12-7-5-4-6-8-12/h4-10H,3,11H2,1-2H3,(H,19,20). The van der Waals surface area contributed by atoms with Gasteiger partial charge in [-0.15, -0.1) is 0 Å². The van der Waals surface area contributed by atoms with E-state index in [4.69, 9.17) is 21.1 Å². The van der Waals surface area contributed by atoms with Crippen molar-refractivity contribution < 1.29 is 14.3 Å². The molecule has 1 amide bonds. The third kappa shape index (κ3) is 3.92. The van der Waals surface area contributed by atoms with Crippen molar-refractivity contribution in [2.24, 2.45) is 0 Å². The molecule has 0 aliphatic rings. The second-order valence-corrected chi connectivity index (χ2v) is 5.03. The summed E-state index contributed by atoms with van der Waals surface area (Å²) >= 11 is 6.24. The van der Waals surface area contributed by atoms with Gasteiger partial charge < -0.3 is 14.8 Å². The van der Waals surface area contributed by atoms with Crippen LogP contribution < -0.4 is 14.8 Å². The first kappa shape index (κ1) is 16.2. The molecule has 0 aromatic heterocycles. The van der Waals surface area contributed by atoms with Crippen LogP contribution in [0.25, 0.3) is 0 Å². The van der Waals surface area contributed by atoms with E-state index in [1.54, 1.807) is 12.1 Å². The fourth-order valence-corrected chi connectivity index (χ4v) is 2.25. The highest BCUT2D eigenvalue weighted by molar-refractivity contribution is 6.32. The largest absolute Gasteiger partial charge is 0.493 e. The summed E-state index contributed by atoms with van der Waals surface area (Å²) in [5.74, 6) is 0.670. The Hall–Kier alpha value is -2.20. The number of amides is 1. The van der Waals surface area contributed by atoms with E-state index in [2.05, 4.69) is 5.32 Å². The highest BCUT2D eigenvalue weighted by Crippen LogP contribution is 2.36. The Labute approximate surface area is 135 Å². The number of benzene rings is 2. The van der Waals surface area contributed by atoms with Gasteiger partial charge in [0.05, 0.1) is 12.1 Å². The van der Waals surface area contributed by atoms with Crippen molar-refractivity contribution in [3.05, 3.63) is 58.6 Å². The Morgan fingerprint density at radius 2 is 1.95 bits per heavy atom. The van der Waals surface area contributed by atoms with Gasteiger partial charge in [0.25, 0.3) is 5.91 Å². The SMILES string of the molecule is CCNC(=O)c1cc(Cl)c(OCc2ccccc2)c(OC)c1. The molecule has 2 aromatic rings. The molecule has 2 aromatic carbocycles. The van der Waals surface area contributed by atoms with Gasteiger partial charge in [-0.3, -0.25) is 4.79 Å². The molecule has 0 atom stereocenters. The first-order chi connectivity index (χ1) is 10.7. The minimum Gasteiger partial charge on any atom is -0.493 e. The molecule has 1 N–H and O–H groups in total. The summed E-state index contributed by atoms with van der Waals surface area (Å²) < 4.78 is 11.0. The number of halogens is 1. The third-order valence-electron chi connectivity index (χ3n) is 3.05. The van der Waals surface area contributed by atoms with Crippen molar-refractivity contribution in [2.75, 3.05) is 13.7 Å². The second kappa shape index (κ2) is 7.71. The van der Waals surface area contributed by atoms with Gasteiger partial charge in [0.15, 0.2) is 11.5 Å². The van der Waals surface area contributed by atoms with E-state index in [9.17, 15) is 4.79 Å². The smallest absolute Gasteiger partial charge is 0.251 e. The normalized spacial score (nSPS) is 10.1. The highest BCUT2D eigenvalue weighted by atomic mass is 35.5. The third-order valence-corrected chi connectivity index (χ3v) is 3.34. The first-order valence-corrected chi connectivity index (χ1v) is 7.36. The zero-order valence-corrected chi connectivity index (χ0v) is 13.3. The van der Waals surface area contributed by atoms with Crippen molar-refractivity contribution in [1.82, 2.24) is 5.32 Å². The molecule has 0 bridgehead atoms. The molecule has 0 radical (unpaired) electrons. The monoisotopic (exact) mass is 319 g/mol. The number of hydrogen-bond acceptors (Lipinski definition) is 3. The maximum atomic E-state index is 11.9. The fourth-order valence-electron chi connectivity index (χ4n) is 1.98. The van der Waals surface area contributed by atoms with Crippen molar-refractivity contribution in [3.8, 4) is 11.5 Å². The molecule has 0 unspecified atom stereocenters. The molecule has 0 spiro atoms. The number of carbonyl (C=O) groups is 1. The Balaban J connectivity index is 2.22. The minimum atomic E-state index is -0.197. The summed E-state index contributed by atoms with van der Waals surface area (Å²) in [4.78, 5) is 11.9. The molecule has 0 saturated heterocycles. The van der Waals surface area contributed by atoms with Crippen LogP contribution >= 0.6 is 11.6 Å². The van der Waals surface area contributed by atoms with Gasteiger partial charge in [0, 0.05) is 12.1 Å². The number of carbonyl (C=O) groups excluding carboxylic acids is 1. The van der Waals surface area contributed by atoms with Crippen molar-refractivity contribution >= 4 is 17.5 Å². The minimum absolute atomic E-state index is 0.197. The Morgan fingerprint density at radius 3 is 2.59 bits per heavy atom. The van der Waals surface area contributed by atoms with Gasteiger partial charge in [0.2, 0.25) is 0 Å². The summed E-state index contributed by atoms with van der Waals surface area (Å²) in [5, 5.41) is 3.07. The van der Waals surface area contributed by atoms with Crippen LogP contribution in [-0.4, -0.2) is 19.6 Å². The van der Waals surface area contributed by atoms with Gasteiger partial charge in [-0.05, 0) is 24.6 Å². The average Bonchev–Trinajstić information content (AvgIpc) is 2.54. The average molecular weight is 320 g/mol. The predicted molar refractivity (Wildman–Crippen MR) is 86.8 cm³/mol. The summed E-state index contributed by atoms with van der Waals surface area (Å²) in [6.07, 6.45) is 0.